The lowest BCUT2D eigenvalue weighted by atomic mass is 10.2. The van der Waals surface area contributed by atoms with Gasteiger partial charge in [0.2, 0.25) is 0 Å². The number of nitrogens with one attached hydrogen (secondary N) is 1. The molecule has 192 valence electrons. The SMILES string of the molecule is C[C@H](CN(C)C(=O)[C@H](C)O)Oc1cccc2ncnc(Nc3ccc(OCc4ccccn4)c(Cl)c3)c12. The van der Waals surface area contributed by atoms with Crippen LogP contribution >= 0.6 is 11.6 Å². The smallest absolute Gasteiger partial charge is 0.250 e. The maximum Gasteiger partial charge on any atom is 0.250 e. The molecule has 9 nitrogen and oxygen atoms in total. The summed E-state index contributed by atoms with van der Waals surface area (Å²) in [5, 5.41) is 14.0. The molecule has 2 aromatic carbocycles. The Kier molecular flexibility index (Phi) is 8.37. The number of nitrogens with zero attached hydrogens (tertiary/aromatic N) is 4. The van der Waals surface area contributed by atoms with Gasteiger partial charge in [-0.3, -0.25) is 9.78 Å². The number of pyridine rings is 1. The van der Waals surface area contributed by atoms with Gasteiger partial charge in [-0.05, 0) is 56.3 Å². The fourth-order valence-electron chi connectivity index (χ4n) is 3.79. The molecule has 0 saturated heterocycles. The zero-order chi connectivity index (χ0) is 26.4. The summed E-state index contributed by atoms with van der Waals surface area (Å²) in [7, 11) is 1.63. The van der Waals surface area contributed by atoms with Crippen LogP contribution in [0.2, 0.25) is 5.02 Å². The number of ether oxygens (including phenoxy) is 2. The third kappa shape index (κ3) is 6.63. The molecule has 4 rings (SSSR count). The average Bonchev–Trinajstić information content (AvgIpc) is 2.88. The highest BCUT2D eigenvalue weighted by atomic mass is 35.5. The zero-order valence-electron chi connectivity index (χ0n) is 20.8. The Bertz CT molecular complexity index is 1360. The molecular weight excluding hydrogens is 494 g/mol. The normalized spacial score (nSPS) is 12.6. The maximum atomic E-state index is 12.0. The van der Waals surface area contributed by atoms with E-state index in [1.54, 1.807) is 25.4 Å². The quantitative estimate of drug-likeness (QED) is 0.311. The van der Waals surface area contributed by atoms with Gasteiger partial charge in [0.15, 0.2) is 0 Å². The Hall–Kier alpha value is -3.95. The molecule has 0 fully saturated rings. The number of aliphatic hydroxyl groups is 1. The second-order valence-electron chi connectivity index (χ2n) is 8.58. The van der Waals surface area contributed by atoms with E-state index in [-0.39, 0.29) is 12.0 Å². The number of hydrogen-bond acceptors (Lipinski definition) is 8. The summed E-state index contributed by atoms with van der Waals surface area (Å²) in [5.41, 5.74) is 2.20. The van der Waals surface area contributed by atoms with Crippen LogP contribution in [0.5, 0.6) is 11.5 Å². The number of benzene rings is 2. The first-order valence-corrected chi connectivity index (χ1v) is 12.1. The molecule has 2 atom stereocenters. The van der Waals surface area contributed by atoms with Crippen LogP contribution in [0.3, 0.4) is 0 Å². The third-order valence-corrected chi connectivity index (χ3v) is 5.81. The fourth-order valence-corrected chi connectivity index (χ4v) is 4.02. The summed E-state index contributed by atoms with van der Waals surface area (Å²) in [6.07, 6.45) is 1.76. The van der Waals surface area contributed by atoms with E-state index < -0.39 is 6.10 Å². The van der Waals surface area contributed by atoms with E-state index in [1.807, 2.05) is 49.4 Å². The van der Waals surface area contributed by atoms with Crippen LogP contribution in [0.4, 0.5) is 11.5 Å². The monoisotopic (exact) mass is 521 g/mol. The van der Waals surface area contributed by atoms with E-state index in [4.69, 9.17) is 21.1 Å². The molecule has 4 aromatic rings. The van der Waals surface area contributed by atoms with Gasteiger partial charge in [0.1, 0.15) is 42.5 Å². The average molecular weight is 522 g/mol. The van der Waals surface area contributed by atoms with E-state index in [0.717, 1.165) is 5.69 Å². The summed E-state index contributed by atoms with van der Waals surface area (Å²) in [5.74, 6) is 1.27. The molecule has 2 N–H and O–H groups in total. The molecule has 2 heterocycles. The van der Waals surface area contributed by atoms with E-state index in [1.165, 1.54) is 18.2 Å². The van der Waals surface area contributed by atoms with Crippen LogP contribution in [0.15, 0.2) is 67.1 Å². The minimum absolute atomic E-state index is 0.298. The van der Waals surface area contributed by atoms with Gasteiger partial charge >= 0.3 is 0 Å². The Morgan fingerprint density at radius 1 is 1.08 bits per heavy atom. The van der Waals surface area contributed by atoms with E-state index in [0.29, 0.717) is 52.1 Å². The largest absolute Gasteiger partial charge is 0.488 e. The van der Waals surface area contributed by atoms with E-state index in [9.17, 15) is 9.90 Å². The Labute approximate surface area is 220 Å². The molecule has 0 spiro atoms. The van der Waals surface area contributed by atoms with Crippen molar-refractivity contribution in [2.45, 2.75) is 32.7 Å². The number of amides is 1. The lowest BCUT2D eigenvalue weighted by Gasteiger charge is -2.24. The van der Waals surface area contributed by atoms with Crippen LogP contribution in [-0.2, 0) is 11.4 Å². The maximum absolute atomic E-state index is 12.0. The first-order valence-electron chi connectivity index (χ1n) is 11.7. The lowest BCUT2D eigenvalue weighted by molar-refractivity contribution is -0.138. The first-order chi connectivity index (χ1) is 17.8. The van der Waals surface area contributed by atoms with Gasteiger partial charge in [-0.2, -0.15) is 0 Å². The molecule has 0 radical (unpaired) electrons. The van der Waals surface area contributed by atoms with Crippen LogP contribution < -0.4 is 14.8 Å². The number of fused-ring (bicyclic) bond motifs is 1. The topological polar surface area (TPSA) is 110 Å². The van der Waals surface area contributed by atoms with Crippen LogP contribution in [-0.4, -0.2) is 56.7 Å². The van der Waals surface area contributed by atoms with Crippen molar-refractivity contribution in [3.8, 4) is 11.5 Å². The van der Waals surface area contributed by atoms with Crippen molar-refractivity contribution in [2.75, 3.05) is 18.9 Å². The van der Waals surface area contributed by atoms with E-state index >= 15 is 0 Å². The number of carbonyl (C=O) groups excluding carboxylic acids is 1. The minimum atomic E-state index is -1.07. The first kappa shape index (κ1) is 26.1. The van der Waals surface area contributed by atoms with Crippen LogP contribution in [0.1, 0.15) is 19.5 Å². The number of carbonyl (C=O) groups is 1. The van der Waals surface area contributed by atoms with E-state index in [2.05, 4.69) is 20.3 Å². The molecule has 10 heteroatoms. The number of aliphatic hydroxyl groups excluding tert-OH is 1. The summed E-state index contributed by atoms with van der Waals surface area (Å²) < 4.78 is 12.0. The summed E-state index contributed by atoms with van der Waals surface area (Å²) in [6, 6.07) is 16.5. The number of hydrogen-bond donors (Lipinski definition) is 2. The van der Waals surface area contributed by atoms with Crippen molar-refractivity contribution in [3.63, 3.8) is 0 Å². The predicted octanol–water partition coefficient (Wildman–Crippen LogP) is 4.61. The van der Waals surface area contributed by atoms with Crippen molar-refractivity contribution < 1.29 is 19.4 Å². The highest BCUT2D eigenvalue weighted by Gasteiger charge is 2.19. The number of halogens is 1. The van der Waals surface area contributed by atoms with Gasteiger partial charge in [0.25, 0.3) is 5.91 Å². The standard InChI is InChI=1S/C27H28ClN5O4/c1-17(14-33(3)27(35)18(2)34)37-24-9-6-8-22-25(24)26(31-16-30-22)32-19-10-11-23(21(28)13-19)36-15-20-7-4-5-12-29-20/h4-13,16-18,34H,14-15H2,1-3H3,(H,30,31,32)/t17-,18+/m1/s1. The Balaban J connectivity index is 1.52. The summed E-state index contributed by atoms with van der Waals surface area (Å²) in [6.45, 7) is 3.90. The molecule has 0 aliphatic rings. The molecular formula is C27H28ClN5O4. The zero-order valence-corrected chi connectivity index (χ0v) is 21.5. The Morgan fingerprint density at radius 2 is 1.92 bits per heavy atom. The summed E-state index contributed by atoms with van der Waals surface area (Å²) in [4.78, 5) is 26.5. The Morgan fingerprint density at radius 3 is 2.65 bits per heavy atom. The second kappa shape index (κ2) is 11.9. The van der Waals surface area contributed by atoms with Crippen LogP contribution in [0, 0.1) is 0 Å². The molecule has 1 amide bonds. The number of likely N-dealkylation sites (N-methyl/N-ethyl adjacent to an activating group) is 1. The molecule has 0 saturated carbocycles. The van der Waals surface area contributed by atoms with Gasteiger partial charge in [0, 0.05) is 18.9 Å². The highest BCUT2D eigenvalue weighted by Crippen LogP contribution is 2.34. The molecule has 0 bridgehead atoms. The fraction of sp³-hybridized carbons (Fsp3) is 0.259. The number of rotatable bonds is 10. The molecule has 37 heavy (non-hydrogen) atoms. The summed E-state index contributed by atoms with van der Waals surface area (Å²) >= 11 is 6.48. The third-order valence-electron chi connectivity index (χ3n) is 5.51. The van der Waals surface area contributed by atoms with Crippen LogP contribution in [0.25, 0.3) is 10.9 Å². The van der Waals surface area contributed by atoms with Crippen molar-refractivity contribution in [2.24, 2.45) is 0 Å². The molecule has 0 aliphatic carbocycles. The molecule has 0 unspecified atom stereocenters. The van der Waals surface area contributed by atoms with Crippen molar-refractivity contribution in [1.82, 2.24) is 19.9 Å². The predicted molar refractivity (Wildman–Crippen MR) is 142 cm³/mol. The van der Waals surface area contributed by atoms with Gasteiger partial charge in [-0.1, -0.05) is 23.7 Å². The lowest BCUT2D eigenvalue weighted by Crippen LogP contribution is -2.40. The number of anilines is 2. The molecule has 0 aliphatic heterocycles. The van der Waals surface area contributed by atoms with Crippen molar-refractivity contribution in [3.05, 3.63) is 77.8 Å². The van der Waals surface area contributed by atoms with Gasteiger partial charge in [0.05, 0.1) is 28.2 Å². The van der Waals surface area contributed by atoms with Gasteiger partial charge < -0.3 is 24.8 Å². The highest BCUT2D eigenvalue weighted by molar-refractivity contribution is 6.32. The van der Waals surface area contributed by atoms with Gasteiger partial charge in [-0.25, -0.2) is 9.97 Å². The second-order valence-corrected chi connectivity index (χ2v) is 8.98. The minimum Gasteiger partial charge on any atom is -0.488 e. The molecule has 2 aromatic heterocycles. The van der Waals surface area contributed by atoms with Gasteiger partial charge in [-0.15, -0.1) is 0 Å². The van der Waals surface area contributed by atoms with Crippen molar-refractivity contribution >= 4 is 39.9 Å². The number of aromatic nitrogens is 3. The van der Waals surface area contributed by atoms with Crippen molar-refractivity contribution in [1.29, 1.82) is 0 Å².